The minimum absolute atomic E-state index is 0.154. The highest BCUT2D eigenvalue weighted by Crippen LogP contribution is 2.30. The first-order chi connectivity index (χ1) is 9.61. The van der Waals surface area contributed by atoms with E-state index in [1.807, 2.05) is 18.2 Å². The smallest absolute Gasteiger partial charge is 0.123 e. The summed E-state index contributed by atoms with van der Waals surface area (Å²) >= 11 is 9.62. The van der Waals surface area contributed by atoms with E-state index in [1.165, 1.54) is 11.1 Å². The molecule has 0 aromatic heterocycles. The van der Waals surface area contributed by atoms with Crippen LogP contribution in [-0.4, -0.2) is 12.6 Å². The third kappa shape index (κ3) is 2.94. The molecular weight excluding hydrogens is 338 g/mol. The first kappa shape index (κ1) is 13.8. The van der Waals surface area contributed by atoms with Gasteiger partial charge >= 0.3 is 0 Å². The van der Waals surface area contributed by atoms with E-state index < -0.39 is 0 Å². The van der Waals surface area contributed by atoms with E-state index in [-0.39, 0.29) is 6.10 Å². The standard InChI is InChI=1S/C16H15BrClNO/c1-10-2-5-16-11(6-10)7-13(20-16)9-19-15-8-12(17)3-4-14(15)18/h2-6,8,13,19H,7,9H2,1H3. The van der Waals surface area contributed by atoms with E-state index in [1.54, 1.807) is 0 Å². The Labute approximate surface area is 132 Å². The van der Waals surface area contributed by atoms with Crippen molar-refractivity contribution in [3.8, 4) is 5.75 Å². The van der Waals surface area contributed by atoms with Crippen molar-refractivity contribution in [1.82, 2.24) is 0 Å². The third-order valence-electron chi connectivity index (χ3n) is 3.41. The largest absolute Gasteiger partial charge is 0.488 e. The second kappa shape index (κ2) is 5.66. The molecule has 1 N–H and O–H groups in total. The van der Waals surface area contributed by atoms with Gasteiger partial charge in [0.2, 0.25) is 0 Å². The SMILES string of the molecule is Cc1ccc2c(c1)CC(CNc1cc(Br)ccc1Cl)O2. The van der Waals surface area contributed by atoms with E-state index in [4.69, 9.17) is 16.3 Å². The molecule has 0 radical (unpaired) electrons. The van der Waals surface area contributed by atoms with E-state index in [9.17, 15) is 0 Å². The van der Waals surface area contributed by atoms with E-state index in [0.717, 1.165) is 33.9 Å². The van der Waals surface area contributed by atoms with Crippen LogP contribution in [0, 0.1) is 6.92 Å². The zero-order chi connectivity index (χ0) is 14.1. The van der Waals surface area contributed by atoms with Crippen molar-refractivity contribution in [2.45, 2.75) is 19.4 Å². The molecule has 2 aromatic carbocycles. The molecule has 0 fully saturated rings. The molecule has 2 nitrogen and oxygen atoms in total. The molecule has 3 rings (SSSR count). The van der Waals surface area contributed by atoms with Gasteiger partial charge in [-0.1, -0.05) is 45.2 Å². The van der Waals surface area contributed by atoms with Crippen LogP contribution in [0.25, 0.3) is 0 Å². The van der Waals surface area contributed by atoms with Crippen LogP contribution in [-0.2, 0) is 6.42 Å². The topological polar surface area (TPSA) is 21.3 Å². The van der Waals surface area contributed by atoms with E-state index in [2.05, 4.69) is 46.4 Å². The molecule has 20 heavy (non-hydrogen) atoms. The quantitative estimate of drug-likeness (QED) is 0.854. The van der Waals surface area contributed by atoms with Crippen molar-refractivity contribution < 1.29 is 4.74 Å². The first-order valence-electron chi connectivity index (χ1n) is 6.57. The minimum atomic E-state index is 0.154. The van der Waals surface area contributed by atoms with Crippen molar-refractivity contribution in [2.24, 2.45) is 0 Å². The fourth-order valence-corrected chi connectivity index (χ4v) is 2.97. The Kier molecular flexibility index (Phi) is 3.90. The predicted octanol–water partition coefficient (Wildman–Crippen LogP) is 4.83. The summed E-state index contributed by atoms with van der Waals surface area (Å²) in [5.74, 6) is 1.00. The summed E-state index contributed by atoms with van der Waals surface area (Å²) in [5, 5.41) is 4.08. The fraction of sp³-hybridized carbons (Fsp3) is 0.250. The lowest BCUT2D eigenvalue weighted by Gasteiger charge is -2.14. The summed E-state index contributed by atoms with van der Waals surface area (Å²) in [6, 6.07) is 12.1. The molecule has 0 aliphatic carbocycles. The van der Waals surface area contributed by atoms with Gasteiger partial charge in [-0.05, 0) is 36.8 Å². The summed E-state index contributed by atoms with van der Waals surface area (Å²) < 4.78 is 6.95. The summed E-state index contributed by atoms with van der Waals surface area (Å²) in [6.07, 6.45) is 1.09. The normalized spacial score (nSPS) is 16.6. The molecule has 1 aliphatic rings. The Morgan fingerprint density at radius 1 is 1.30 bits per heavy atom. The molecular formula is C16H15BrClNO. The summed E-state index contributed by atoms with van der Waals surface area (Å²) in [7, 11) is 0. The Morgan fingerprint density at radius 3 is 3.00 bits per heavy atom. The maximum atomic E-state index is 6.17. The van der Waals surface area contributed by atoms with Crippen LogP contribution in [0.5, 0.6) is 5.75 Å². The van der Waals surface area contributed by atoms with Crippen molar-refractivity contribution in [3.63, 3.8) is 0 Å². The molecule has 4 heteroatoms. The van der Waals surface area contributed by atoms with Crippen LogP contribution in [0.15, 0.2) is 40.9 Å². The monoisotopic (exact) mass is 351 g/mol. The molecule has 104 valence electrons. The number of hydrogen-bond donors (Lipinski definition) is 1. The number of nitrogens with one attached hydrogen (secondary N) is 1. The lowest BCUT2D eigenvalue weighted by atomic mass is 10.1. The van der Waals surface area contributed by atoms with Gasteiger partial charge in [-0.15, -0.1) is 0 Å². The maximum Gasteiger partial charge on any atom is 0.123 e. The first-order valence-corrected chi connectivity index (χ1v) is 7.74. The number of hydrogen-bond acceptors (Lipinski definition) is 2. The Hall–Kier alpha value is -1.19. The lowest BCUT2D eigenvalue weighted by molar-refractivity contribution is 0.246. The van der Waals surface area contributed by atoms with Crippen LogP contribution in [0.2, 0.25) is 5.02 Å². The molecule has 2 aromatic rings. The number of anilines is 1. The number of benzene rings is 2. The van der Waals surface area contributed by atoms with Gasteiger partial charge < -0.3 is 10.1 Å². The van der Waals surface area contributed by atoms with Crippen LogP contribution in [0.1, 0.15) is 11.1 Å². The van der Waals surface area contributed by atoms with Crippen LogP contribution in [0.3, 0.4) is 0 Å². The van der Waals surface area contributed by atoms with Crippen LogP contribution in [0.4, 0.5) is 5.69 Å². The van der Waals surface area contributed by atoms with Gasteiger partial charge in [0, 0.05) is 10.9 Å². The molecule has 1 unspecified atom stereocenters. The van der Waals surface area contributed by atoms with Crippen LogP contribution < -0.4 is 10.1 Å². The van der Waals surface area contributed by atoms with Gasteiger partial charge in [0.1, 0.15) is 11.9 Å². The van der Waals surface area contributed by atoms with Crippen molar-refractivity contribution in [2.75, 3.05) is 11.9 Å². The number of fused-ring (bicyclic) bond motifs is 1. The van der Waals surface area contributed by atoms with Crippen molar-refractivity contribution in [3.05, 3.63) is 57.0 Å². The number of rotatable bonds is 3. The molecule has 0 bridgehead atoms. The average Bonchev–Trinajstić information content (AvgIpc) is 2.81. The Morgan fingerprint density at radius 2 is 2.15 bits per heavy atom. The molecule has 1 atom stereocenters. The average molecular weight is 353 g/mol. The highest BCUT2D eigenvalue weighted by Gasteiger charge is 2.22. The van der Waals surface area contributed by atoms with E-state index >= 15 is 0 Å². The molecule has 0 spiro atoms. The maximum absolute atomic E-state index is 6.17. The molecule has 0 saturated carbocycles. The number of halogens is 2. The van der Waals surface area contributed by atoms with Gasteiger partial charge in [-0.2, -0.15) is 0 Å². The molecule has 1 aliphatic heterocycles. The second-order valence-electron chi connectivity index (χ2n) is 5.06. The van der Waals surface area contributed by atoms with Crippen LogP contribution >= 0.6 is 27.5 Å². The summed E-state index contributed by atoms with van der Waals surface area (Å²) in [4.78, 5) is 0. The zero-order valence-electron chi connectivity index (χ0n) is 11.1. The Balaban J connectivity index is 1.65. The molecule has 0 amide bonds. The van der Waals surface area contributed by atoms with Gasteiger partial charge in [-0.25, -0.2) is 0 Å². The zero-order valence-corrected chi connectivity index (χ0v) is 13.5. The number of aryl methyl sites for hydroxylation is 1. The Bertz CT molecular complexity index is 644. The highest BCUT2D eigenvalue weighted by atomic mass is 79.9. The van der Waals surface area contributed by atoms with Gasteiger partial charge in [0.05, 0.1) is 17.3 Å². The van der Waals surface area contributed by atoms with E-state index in [0.29, 0.717) is 0 Å². The van der Waals surface area contributed by atoms with Crippen molar-refractivity contribution >= 4 is 33.2 Å². The van der Waals surface area contributed by atoms with Gasteiger partial charge in [0.25, 0.3) is 0 Å². The van der Waals surface area contributed by atoms with Gasteiger partial charge in [-0.3, -0.25) is 0 Å². The molecule has 0 saturated heterocycles. The predicted molar refractivity (Wildman–Crippen MR) is 86.9 cm³/mol. The molecule has 1 heterocycles. The minimum Gasteiger partial charge on any atom is -0.488 e. The summed E-state index contributed by atoms with van der Waals surface area (Å²) in [6.45, 7) is 2.84. The lowest BCUT2D eigenvalue weighted by Crippen LogP contribution is -2.24. The number of ether oxygens (including phenoxy) is 1. The fourth-order valence-electron chi connectivity index (χ4n) is 2.42. The highest BCUT2D eigenvalue weighted by molar-refractivity contribution is 9.10. The summed E-state index contributed by atoms with van der Waals surface area (Å²) in [5.41, 5.74) is 3.49. The third-order valence-corrected chi connectivity index (χ3v) is 4.23. The van der Waals surface area contributed by atoms with Crippen molar-refractivity contribution in [1.29, 1.82) is 0 Å². The van der Waals surface area contributed by atoms with Gasteiger partial charge in [0.15, 0.2) is 0 Å². The second-order valence-corrected chi connectivity index (χ2v) is 6.38.